The lowest BCUT2D eigenvalue weighted by molar-refractivity contribution is 0.343. The molecule has 0 saturated heterocycles. The van der Waals surface area contributed by atoms with Crippen molar-refractivity contribution in [3.8, 4) is 5.75 Å². The monoisotopic (exact) mass is 230 g/mol. The van der Waals surface area contributed by atoms with Crippen molar-refractivity contribution in [1.82, 2.24) is 9.97 Å². The van der Waals surface area contributed by atoms with Gasteiger partial charge in [-0.25, -0.2) is 9.78 Å². The summed E-state index contributed by atoms with van der Waals surface area (Å²) in [4.78, 5) is 18.0. The minimum Gasteiger partial charge on any atom is -0.492 e. The Hall–Kier alpha value is -2.30. The van der Waals surface area contributed by atoms with Gasteiger partial charge in [-0.2, -0.15) is 0 Å². The van der Waals surface area contributed by atoms with Crippen molar-refractivity contribution in [3.05, 3.63) is 34.9 Å². The average molecular weight is 230 g/mol. The Labute approximate surface area is 96.0 Å². The van der Waals surface area contributed by atoms with Crippen LogP contribution in [0.1, 0.15) is 6.92 Å². The molecular weight excluding hydrogens is 220 g/mol. The van der Waals surface area contributed by atoms with Crippen LogP contribution in [0.25, 0.3) is 22.0 Å². The molecule has 0 fully saturated rings. The zero-order valence-electron chi connectivity index (χ0n) is 9.19. The zero-order valence-corrected chi connectivity index (χ0v) is 9.19. The van der Waals surface area contributed by atoms with Gasteiger partial charge in [-0.1, -0.05) is 6.07 Å². The highest BCUT2D eigenvalue weighted by atomic mass is 16.5. The van der Waals surface area contributed by atoms with Gasteiger partial charge in [-0.05, 0) is 19.1 Å². The van der Waals surface area contributed by atoms with Crippen LogP contribution in [0.15, 0.2) is 33.6 Å². The number of benzene rings is 1. The first kappa shape index (κ1) is 9.89. The van der Waals surface area contributed by atoms with E-state index in [9.17, 15) is 4.79 Å². The fourth-order valence-electron chi connectivity index (χ4n) is 1.87. The number of pyridine rings is 1. The summed E-state index contributed by atoms with van der Waals surface area (Å²) in [5.41, 5.74) is 1.81. The lowest BCUT2D eigenvalue weighted by atomic mass is 10.2. The molecule has 0 aliphatic carbocycles. The molecule has 17 heavy (non-hydrogen) atoms. The minimum atomic E-state index is -0.476. The van der Waals surface area contributed by atoms with Crippen LogP contribution in [-0.2, 0) is 0 Å². The van der Waals surface area contributed by atoms with E-state index in [0.717, 1.165) is 5.39 Å². The van der Waals surface area contributed by atoms with E-state index in [1.807, 2.05) is 25.1 Å². The first-order valence-corrected chi connectivity index (χ1v) is 5.33. The smallest absolute Gasteiger partial charge is 0.417 e. The quantitative estimate of drug-likeness (QED) is 0.731. The maximum absolute atomic E-state index is 11.2. The molecule has 0 saturated carbocycles. The predicted octanol–water partition coefficient (Wildman–Crippen LogP) is 2.07. The molecule has 0 aliphatic rings. The number of oxazole rings is 1. The summed E-state index contributed by atoms with van der Waals surface area (Å²) in [7, 11) is 0. The van der Waals surface area contributed by atoms with Gasteiger partial charge >= 0.3 is 5.76 Å². The number of nitrogens with one attached hydrogen (secondary N) is 1. The summed E-state index contributed by atoms with van der Waals surface area (Å²) in [5.74, 6) is 0.215. The van der Waals surface area contributed by atoms with E-state index in [-0.39, 0.29) is 0 Å². The molecule has 0 radical (unpaired) electrons. The van der Waals surface area contributed by atoms with E-state index in [0.29, 0.717) is 29.0 Å². The van der Waals surface area contributed by atoms with Crippen LogP contribution in [0.2, 0.25) is 0 Å². The van der Waals surface area contributed by atoms with E-state index in [4.69, 9.17) is 9.15 Å². The van der Waals surface area contributed by atoms with Gasteiger partial charge in [0.1, 0.15) is 16.8 Å². The van der Waals surface area contributed by atoms with Crippen LogP contribution in [0.3, 0.4) is 0 Å². The molecule has 5 nitrogen and oxygen atoms in total. The SMILES string of the molecule is CCOc1cccc2c1ncc1[nH]c(=O)oc12. The van der Waals surface area contributed by atoms with Gasteiger partial charge < -0.3 is 9.15 Å². The summed E-state index contributed by atoms with van der Waals surface area (Å²) in [6, 6.07) is 5.54. The van der Waals surface area contributed by atoms with Gasteiger partial charge in [0.2, 0.25) is 0 Å². The molecule has 0 amide bonds. The maximum Gasteiger partial charge on any atom is 0.417 e. The number of aromatic nitrogens is 2. The second-order valence-corrected chi connectivity index (χ2v) is 3.60. The Morgan fingerprint density at radius 1 is 1.47 bits per heavy atom. The van der Waals surface area contributed by atoms with E-state index in [2.05, 4.69) is 9.97 Å². The van der Waals surface area contributed by atoms with Crippen LogP contribution in [0, 0.1) is 0 Å². The molecule has 0 atom stereocenters. The first-order valence-electron chi connectivity index (χ1n) is 5.33. The van der Waals surface area contributed by atoms with Crippen molar-refractivity contribution in [2.24, 2.45) is 0 Å². The van der Waals surface area contributed by atoms with Crippen molar-refractivity contribution < 1.29 is 9.15 Å². The molecule has 0 unspecified atom stereocenters. The lowest BCUT2D eigenvalue weighted by Gasteiger charge is -2.05. The van der Waals surface area contributed by atoms with E-state index in [1.165, 1.54) is 0 Å². The number of rotatable bonds is 2. The molecule has 0 aliphatic heterocycles. The fraction of sp³-hybridized carbons (Fsp3) is 0.167. The summed E-state index contributed by atoms with van der Waals surface area (Å²) >= 11 is 0. The molecule has 2 heterocycles. The fourth-order valence-corrected chi connectivity index (χ4v) is 1.87. The molecule has 5 heteroatoms. The highest BCUT2D eigenvalue weighted by Gasteiger charge is 2.10. The number of hydrogen-bond donors (Lipinski definition) is 1. The lowest BCUT2D eigenvalue weighted by Crippen LogP contribution is -1.93. The third-order valence-electron chi connectivity index (χ3n) is 2.54. The zero-order chi connectivity index (χ0) is 11.8. The highest BCUT2D eigenvalue weighted by molar-refractivity contribution is 6.02. The summed E-state index contributed by atoms with van der Waals surface area (Å²) in [5, 5.41) is 0.770. The Bertz CT molecular complexity index is 742. The molecule has 0 spiro atoms. The number of para-hydroxylation sites is 1. The number of hydrogen-bond acceptors (Lipinski definition) is 4. The van der Waals surface area contributed by atoms with E-state index in [1.54, 1.807) is 6.20 Å². The molecule has 3 rings (SSSR count). The first-order chi connectivity index (χ1) is 8.29. The van der Waals surface area contributed by atoms with Gasteiger partial charge in [-0.3, -0.25) is 4.98 Å². The van der Waals surface area contributed by atoms with Crippen molar-refractivity contribution >= 4 is 22.0 Å². The van der Waals surface area contributed by atoms with Crippen molar-refractivity contribution in [3.63, 3.8) is 0 Å². The number of fused-ring (bicyclic) bond motifs is 3. The topological polar surface area (TPSA) is 68.1 Å². The van der Waals surface area contributed by atoms with Crippen LogP contribution in [0.5, 0.6) is 5.75 Å². The molecule has 86 valence electrons. The van der Waals surface area contributed by atoms with E-state index < -0.39 is 5.76 Å². The number of nitrogens with zero attached hydrogens (tertiary/aromatic N) is 1. The van der Waals surface area contributed by atoms with Crippen LogP contribution >= 0.6 is 0 Å². The van der Waals surface area contributed by atoms with Crippen LogP contribution in [-0.4, -0.2) is 16.6 Å². The van der Waals surface area contributed by atoms with Gasteiger partial charge in [0, 0.05) is 5.39 Å². The third kappa shape index (κ3) is 1.47. The number of aromatic amines is 1. The highest BCUT2D eigenvalue weighted by Crippen LogP contribution is 2.28. The Morgan fingerprint density at radius 2 is 2.35 bits per heavy atom. The molecular formula is C12H10N2O3. The van der Waals surface area contributed by atoms with Gasteiger partial charge in [0.15, 0.2) is 5.58 Å². The normalized spacial score (nSPS) is 11.1. The Morgan fingerprint density at radius 3 is 3.18 bits per heavy atom. The second-order valence-electron chi connectivity index (χ2n) is 3.60. The molecule has 3 aromatic rings. The molecule has 2 aromatic heterocycles. The average Bonchev–Trinajstić information content (AvgIpc) is 2.70. The maximum atomic E-state index is 11.2. The standard InChI is InChI=1S/C12H10N2O3/c1-2-16-9-5-3-4-7-10(9)13-6-8-11(7)17-12(15)14-8/h3-6H,2H2,1H3,(H,14,15). The van der Waals surface area contributed by atoms with Crippen molar-refractivity contribution in [2.75, 3.05) is 6.61 Å². The van der Waals surface area contributed by atoms with Crippen molar-refractivity contribution in [1.29, 1.82) is 0 Å². The van der Waals surface area contributed by atoms with Crippen LogP contribution in [0.4, 0.5) is 0 Å². The largest absolute Gasteiger partial charge is 0.492 e. The predicted molar refractivity (Wildman–Crippen MR) is 63.3 cm³/mol. The Balaban J connectivity index is 2.43. The van der Waals surface area contributed by atoms with Gasteiger partial charge in [0.05, 0.1) is 12.8 Å². The second kappa shape index (κ2) is 3.62. The third-order valence-corrected chi connectivity index (χ3v) is 2.54. The molecule has 1 N–H and O–H groups in total. The Kier molecular flexibility index (Phi) is 2.11. The van der Waals surface area contributed by atoms with Gasteiger partial charge in [-0.15, -0.1) is 0 Å². The number of H-pyrrole nitrogens is 1. The van der Waals surface area contributed by atoms with Gasteiger partial charge in [0.25, 0.3) is 0 Å². The molecule has 0 bridgehead atoms. The van der Waals surface area contributed by atoms with Crippen molar-refractivity contribution in [2.45, 2.75) is 6.92 Å². The summed E-state index contributed by atoms with van der Waals surface area (Å²) in [6.45, 7) is 2.48. The summed E-state index contributed by atoms with van der Waals surface area (Å²) in [6.07, 6.45) is 1.57. The molecule has 1 aromatic carbocycles. The summed E-state index contributed by atoms with van der Waals surface area (Å²) < 4.78 is 10.6. The van der Waals surface area contributed by atoms with E-state index >= 15 is 0 Å². The van der Waals surface area contributed by atoms with Crippen LogP contribution < -0.4 is 10.5 Å². The minimum absolute atomic E-state index is 0.476. The number of ether oxygens (including phenoxy) is 1.